The smallest absolute Gasteiger partial charge is 0.258 e. The van der Waals surface area contributed by atoms with Gasteiger partial charge in [-0.15, -0.1) is 0 Å². The van der Waals surface area contributed by atoms with E-state index in [1.807, 2.05) is 18.2 Å². The van der Waals surface area contributed by atoms with Crippen LogP contribution in [0.25, 0.3) is 0 Å². The molecule has 0 aliphatic heterocycles. The molecule has 0 unspecified atom stereocenters. The van der Waals surface area contributed by atoms with E-state index in [1.54, 1.807) is 25.1 Å². The topological polar surface area (TPSA) is 47.6 Å². The molecule has 116 valence electrons. The van der Waals surface area contributed by atoms with E-state index in [4.69, 9.17) is 9.47 Å². The molecule has 0 radical (unpaired) electrons. The lowest BCUT2D eigenvalue weighted by molar-refractivity contribution is -0.123. The van der Waals surface area contributed by atoms with Crippen LogP contribution in [0.15, 0.2) is 48.5 Å². The van der Waals surface area contributed by atoms with Crippen molar-refractivity contribution in [3.8, 4) is 11.5 Å². The average molecular weight is 303 g/mol. The number of rotatable bonds is 6. The summed E-state index contributed by atoms with van der Waals surface area (Å²) >= 11 is 0. The molecule has 0 aliphatic carbocycles. The number of amides is 1. The van der Waals surface area contributed by atoms with Gasteiger partial charge in [0, 0.05) is 0 Å². The first-order chi connectivity index (χ1) is 10.6. The minimum atomic E-state index is -0.457. The Bertz CT molecular complexity index is 631. The van der Waals surface area contributed by atoms with Crippen LogP contribution in [0.1, 0.15) is 18.5 Å². The van der Waals surface area contributed by atoms with Gasteiger partial charge < -0.3 is 14.8 Å². The lowest BCUT2D eigenvalue weighted by atomic mass is 10.1. The Morgan fingerprint density at radius 3 is 2.59 bits per heavy atom. The van der Waals surface area contributed by atoms with E-state index in [-0.39, 0.29) is 24.3 Å². The second-order valence-electron chi connectivity index (χ2n) is 4.78. The first-order valence-corrected chi connectivity index (χ1v) is 6.91. The summed E-state index contributed by atoms with van der Waals surface area (Å²) in [7, 11) is 1.41. The highest BCUT2D eigenvalue weighted by Gasteiger charge is 2.12. The van der Waals surface area contributed by atoms with Crippen LogP contribution in [0, 0.1) is 5.82 Å². The average Bonchev–Trinajstić information content (AvgIpc) is 2.53. The second kappa shape index (κ2) is 7.45. The number of benzene rings is 2. The number of halogens is 1. The lowest BCUT2D eigenvalue weighted by Gasteiger charge is -2.15. The van der Waals surface area contributed by atoms with Crippen LogP contribution in [-0.4, -0.2) is 19.6 Å². The van der Waals surface area contributed by atoms with Crippen molar-refractivity contribution in [2.45, 2.75) is 13.0 Å². The maximum atomic E-state index is 13.7. The number of carbonyl (C=O) groups excluding carboxylic acids is 1. The Balaban J connectivity index is 1.89. The number of hydrogen-bond donors (Lipinski definition) is 1. The van der Waals surface area contributed by atoms with Gasteiger partial charge >= 0.3 is 0 Å². The molecule has 2 rings (SSSR count). The molecule has 4 nitrogen and oxygen atoms in total. The number of ether oxygens (including phenoxy) is 2. The fourth-order valence-corrected chi connectivity index (χ4v) is 1.98. The van der Waals surface area contributed by atoms with Gasteiger partial charge in [0.05, 0.1) is 13.2 Å². The minimum Gasteiger partial charge on any atom is -0.494 e. The molecule has 5 heteroatoms. The Labute approximate surface area is 128 Å². The summed E-state index contributed by atoms with van der Waals surface area (Å²) in [5, 5.41) is 2.76. The number of para-hydroxylation sites is 1. The Morgan fingerprint density at radius 2 is 1.95 bits per heavy atom. The second-order valence-corrected chi connectivity index (χ2v) is 4.78. The summed E-state index contributed by atoms with van der Waals surface area (Å²) < 4.78 is 23.9. The maximum Gasteiger partial charge on any atom is 0.258 e. The normalized spacial score (nSPS) is 11.6. The maximum absolute atomic E-state index is 13.7. The zero-order valence-electron chi connectivity index (χ0n) is 12.5. The van der Waals surface area contributed by atoms with Crippen molar-refractivity contribution in [3.05, 3.63) is 59.9 Å². The van der Waals surface area contributed by atoms with Crippen LogP contribution in [0.5, 0.6) is 11.5 Å². The van der Waals surface area contributed by atoms with Crippen LogP contribution >= 0.6 is 0 Å². The molecule has 1 atom stereocenters. The van der Waals surface area contributed by atoms with Crippen molar-refractivity contribution in [2.24, 2.45) is 0 Å². The van der Waals surface area contributed by atoms with Crippen molar-refractivity contribution in [2.75, 3.05) is 13.7 Å². The fraction of sp³-hybridized carbons (Fsp3) is 0.235. The van der Waals surface area contributed by atoms with E-state index in [9.17, 15) is 9.18 Å². The molecule has 0 aromatic heterocycles. The van der Waals surface area contributed by atoms with Gasteiger partial charge in [-0.05, 0) is 36.8 Å². The monoisotopic (exact) mass is 303 g/mol. The molecule has 0 spiro atoms. The van der Waals surface area contributed by atoms with Gasteiger partial charge in [0.25, 0.3) is 5.91 Å². The Morgan fingerprint density at radius 1 is 1.23 bits per heavy atom. The predicted molar refractivity (Wildman–Crippen MR) is 81.4 cm³/mol. The van der Waals surface area contributed by atoms with Crippen molar-refractivity contribution in [3.63, 3.8) is 0 Å². The molecule has 2 aromatic rings. The molecule has 1 N–H and O–H groups in total. The molecular weight excluding hydrogens is 285 g/mol. The summed E-state index contributed by atoms with van der Waals surface area (Å²) in [5.74, 6) is 0.0738. The highest BCUT2D eigenvalue weighted by molar-refractivity contribution is 5.78. The van der Waals surface area contributed by atoms with Gasteiger partial charge in [0.1, 0.15) is 5.75 Å². The van der Waals surface area contributed by atoms with Crippen molar-refractivity contribution >= 4 is 5.91 Å². The van der Waals surface area contributed by atoms with E-state index in [2.05, 4.69) is 5.32 Å². The van der Waals surface area contributed by atoms with Gasteiger partial charge in [-0.25, -0.2) is 4.39 Å². The molecule has 1 amide bonds. The molecule has 0 fully saturated rings. The molecule has 0 saturated heterocycles. The van der Waals surface area contributed by atoms with Crippen molar-refractivity contribution in [1.29, 1.82) is 0 Å². The predicted octanol–water partition coefficient (Wildman–Crippen LogP) is 3.09. The summed E-state index contributed by atoms with van der Waals surface area (Å²) in [6, 6.07) is 13.3. The summed E-state index contributed by atoms with van der Waals surface area (Å²) in [6.45, 7) is 1.69. The zero-order valence-corrected chi connectivity index (χ0v) is 12.5. The third-order valence-corrected chi connectivity index (χ3v) is 3.17. The standard InChI is InChI=1S/C17H18FNO3/c1-12(13-8-9-16(21-2)15(18)10-13)19-17(20)11-22-14-6-4-3-5-7-14/h3-10,12H,11H2,1-2H3,(H,19,20)/t12-/m0/s1. The van der Waals surface area contributed by atoms with E-state index in [0.29, 0.717) is 11.3 Å². The third-order valence-electron chi connectivity index (χ3n) is 3.17. The van der Waals surface area contributed by atoms with Gasteiger partial charge in [-0.1, -0.05) is 24.3 Å². The third kappa shape index (κ3) is 4.22. The van der Waals surface area contributed by atoms with Crippen molar-refractivity contribution in [1.82, 2.24) is 5.32 Å². The molecule has 0 aliphatic rings. The summed E-state index contributed by atoms with van der Waals surface area (Å²) in [6.07, 6.45) is 0. The first-order valence-electron chi connectivity index (χ1n) is 6.91. The largest absolute Gasteiger partial charge is 0.494 e. The van der Waals surface area contributed by atoms with Crippen LogP contribution in [-0.2, 0) is 4.79 Å². The first kappa shape index (κ1) is 15.8. The van der Waals surface area contributed by atoms with E-state index in [1.165, 1.54) is 19.2 Å². The van der Waals surface area contributed by atoms with Gasteiger partial charge in [-0.2, -0.15) is 0 Å². The highest BCUT2D eigenvalue weighted by atomic mass is 19.1. The number of nitrogens with one attached hydrogen (secondary N) is 1. The van der Waals surface area contributed by atoms with Gasteiger partial charge in [-0.3, -0.25) is 4.79 Å². The van der Waals surface area contributed by atoms with Crippen LogP contribution in [0.4, 0.5) is 4.39 Å². The van der Waals surface area contributed by atoms with Gasteiger partial charge in [0.15, 0.2) is 18.2 Å². The van der Waals surface area contributed by atoms with Crippen LogP contribution < -0.4 is 14.8 Å². The molecule has 2 aromatic carbocycles. The van der Waals surface area contributed by atoms with Crippen LogP contribution in [0.2, 0.25) is 0 Å². The number of carbonyl (C=O) groups is 1. The fourth-order valence-electron chi connectivity index (χ4n) is 1.98. The van der Waals surface area contributed by atoms with Gasteiger partial charge in [0.2, 0.25) is 0 Å². The van der Waals surface area contributed by atoms with E-state index >= 15 is 0 Å². The molecular formula is C17H18FNO3. The molecule has 0 heterocycles. The van der Waals surface area contributed by atoms with E-state index in [0.717, 1.165) is 0 Å². The SMILES string of the molecule is COc1ccc([C@H](C)NC(=O)COc2ccccc2)cc1F. The van der Waals surface area contributed by atoms with E-state index < -0.39 is 5.82 Å². The summed E-state index contributed by atoms with van der Waals surface area (Å²) in [4.78, 5) is 11.9. The molecule has 0 saturated carbocycles. The number of hydrogen-bond acceptors (Lipinski definition) is 3. The lowest BCUT2D eigenvalue weighted by Crippen LogP contribution is -2.31. The zero-order chi connectivity index (χ0) is 15.9. The quantitative estimate of drug-likeness (QED) is 0.892. The van der Waals surface area contributed by atoms with Crippen molar-refractivity contribution < 1.29 is 18.7 Å². The molecule has 0 bridgehead atoms. The number of methoxy groups -OCH3 is 1. The summed E-state index contributed by atoms with van der Waals surface area (Å²) in [5.41, 5.74) is 0.659. The Kier molecular flexibility index (Phi) is 5.36. The van der Waals surface area contributed by atoms with Crippen LogP contribution in [0.3, 0.4) is 0 Å². The minimum absolute atomic E-state index is 0.0903. The molecule has 22 heavy (non-hydrogen) atoms. The highest BCUT2D eigenvalue weighted by Crippen LogP contribution is 2.21. The Hall–Kier alpha value is -2.56.